The van der Waals surface area contributed by atoms with Gasteiger partial charge < -0.3 is 5.73 Å². The second kappa shape index (κ2) is 6.09. The van der Waals surface area contributed by atoms with Crippen LogP contribution in [0, 0.1) is 5.92 Å². The van der Waals surface area contributed by atoms with E-state index in [-0.39, 0.29) is 0 Å². The molecular weight excluding hydrogens is 316 g/mol. The number of nitrogens with zero attached hydrogens (tertiary/aromatic N) is 1. The Morgan fingerprint density at radius 2 is 2.24 bits per heavy atom. The Labute approximate surface area is 118 Å². The van der Waals surface area contributed by atoms with Crippen LogP contribution in [0.25, 0.3) is 10.6 Å². The number of rotatable bonds is 5. The van der Waals surface area contributed by atoms with Crippen molar-refractivity contribution in [2.24, 2.45) is 11.7 Å². The van der Waals surface area contributed by atoms with Crippen LogP contribution in [0.4, 0.5) is 0 Å². The summed E-state index contributed by atoms with van der Waals surface area (Å²) in [6.07, 6.45) is 2.11. The summed E-state index contributed by atoms with van der Waals surface area (Å²) in [5, 5.41) is 5.44. The predicted molar refractivity (Wildman–Crippen MR) is 79.7 cm³/mol. The molecule has 2 aromatic heterocycles. The van der Waals surface area contributed by atoms with Gasteiger partial charge in [0.1, 0.15) is 0 Å². The maximum absolute atomic E-state index is 5.56. The molecule has 0 bridgehead atoms. The van der Waals surface area contributed by atoms with Gasteiger partial charge >= 0.3 is 0 Å². The Hall–Kier alpha value is -0.230. The van der Waals surface area contributed by atoms with Gasteiger partial charge in [0, 0.05) is 21.7 Å². The van der Waals surface area contributed by atoms with Crippen LogP contribution in [0.3, 0.4) is 0 Å². The van der Waals surface area contributed by atoms with Crippen molar-refractivity contribution in [2.45, 2.75) is 19.8 Å². The predicted octanol–water partition coefficient (Wildman–Crippen LogP) is 4.16. The first kappa shape index (κ1) is 13.2. The quantitative estimate of drug-likeness (QED) is 0.893. The molecule has 0 aromatic carbocycles. The van der Waals surface area contributed by atoms with E-state index >= 15 is 0 Å². The molecule has 5 heteroatoms. The zero-order valence-corrected chi connectivity index (χ0v) is 12.9. The minimum absolute atomic E-state index is 0.620. The lowest BCUT2D eigenvalue weighted by Crippen LogP contribution is -2.07. The Morgan fingerprint density at radius 1 is 1.41 bits per heavy atom. The third-order valence-corrected chi connectivity index (χ3v) is 5.14. The highest BCUT2D eigenvalue weighted by Crippen LogP contribution is 2.31. The molecule has 2 N–H and O–H groups in total. The second-order valence-electron chi connectivity index (χ2n) is 4.14. The summed E-state index contributed by atoms with van der Waals surface area (Å²) in [5.41, 5.74) is 6.66. The summed E-state index contributed by atoms with van der Waals surface area (Å²) in [7, 11) is 0. The van der Waals surface area contributed by atoms with E-state index in [1.54, 1.807) is 22.7 Å². The molecule has 0 aliphatic rings. The topological polar surface area (TPSA) is 38.9 Å². The molecule has 0 spiro atoms. The summed E-state index contributed by atoms with van der Waals surface area (Å²) in [6.45, 7) is 2.99. The molecule has 2 nitrogen and oxygen atoms in total. The van der Waals surface area contributed by atoms with Gasteiger partial charge in [-0.15, -0.1) is 22.7 Å². The van der Waals surface area contributed by atoms with Crippen LogP contribution in [0.5, 0.6) is 0 Å². The van der Waals surface area contributed by atoms with E-state index in [4.69, 9.17) is 5.73 Å². The Morgan fingerprint density at radius 3 is 2.88 bits per heavy atom. The Balaban J connectivity index is 2.05. The monoisotopic (exact) mass is 330 g/mol. The molecule has 92 valence electrons. The maximum Gasteiger partial charge on any atom is 0.0935 e. The van der Waals surface area contributed by atoms with Crippen molar-refractivity contribution >= 4 is 38.6 Å². The summed E-state index contributed by atoms with van der Waals surface area (Å²) < 4.78 is 1.13. The molecule has 0 saturated heterocycles. The van der Waals surface area contributed by atoms with Gasteiger partial charge in [-0.2, -0.15) is 0 Å². The first-order chi connectivity index (χ1) is 8.19. The highest BCUT2D eigenvalue weighted by Gasteiger charge is 2.09. The molecule has 0 radical (unpaired) electrons. The third-order valence-electron chi connectivity index (χ3n) is 2.55. The smallest absolute Gasteiger partial charge is 0.0935 e. The zero-order chi connectivity index (χ0) is 12.3. The van der Waals surface area contributed by atoms with Crippen LogP contribution < -0.4 is 5.73 Å². The first-order valence-corrected chi connectivity index (χ1v) is 8.13. The van der Waals surface area contributed by atoms with Crippen molar-refractivity contribution in [3.05, 3.63) is 26.3 Å². The van der Waals surface area contributed by atoms with Crippen molar-refractivity contribution in [2.75, 3.05) is 6.54 Å². The van der Waals surface area contributed by atoms with Gasteiger partial charge in [0.05, 0.1) is 15.6 Å². The molecule has 0 saturated carbocycles. The van der Waals surface area contributed by atoms with E-state index in [0.29, 0.717) is 5.92 Å². The minimum atomic E-state index is 0.620. The van der Waals surface area contributed by atoms with E-state index in [1.807, 2.05) is 0 Å². The lowest BCUT2D eigenvalue weighted by Gasteiger charge is -2.06. The van der Waals surface area contributed by atoms with Crippen LogP contribution in [0.2, 0.25) is 0 Å². The second-order valence-corrected chi connectivity index (χ2v) is 6.91. The van der Waals surface area contributed by atoms with Crippen molar-refractivity contribution in [1.82, 2.24) is 4.98 Å². The molecule has 2 aromatic rings. The van der Waals surface area contributed by atoms with E-state index in [1.165, 1.54) is 9.88 Å². The molecule has 0 fully saturated rings. The summed E-state index contributed by atoms with van der Waals surface area (Å²) >= 11 is 6.94. The molecule has 1 unspecified atom stereocenters. The first-order valence-electron chi connectivity index (χ1n) is 5.58. The highest BCUT2D eigenvalue weighted by atomic mass is 79.9. The fourth-order valence-corrected chi connectivity index (χ4v) is 4.07. The fraction of sp³-hybridized carbons (Fsp3) is 0.417. The lowest BCUT2D eigenvalue weighted by atomic mass is 10.1. The van der Waals surface area contributed by atoms with Crippen LogP contribution in [-0.4, -0.2) is 11.5 Å². The number of hydrogen-bond donors (Lipinski definition) is 1. The van der Waals surface area contributed by atoms with Crippen LogP contribution in [0.1, 0.15) is 18.4 Å². The minimum Gasteiger partial charge on any atom is -0.330 e. The van der Waals surface area contributed by atoms with E-state index < -0.39 is 0 Å². The highest BCUT2D eigenvalue weighted by molar-refractivity contribution is 9.10. The lowest BCUT2D eigenvalue weighted by molar-refractivity contribution is 0.537. The van der Waals surface area contributed by atoms with Crippen LogP contribution in [-0.2, 0) is 6.42 Å². The number of nitrogens with two attached hydrogens (primary N) is 1. The van der Waals surface area contributed by atoms with Crippen molar-refractivity contribution in [3.63, 3.8) is 0 Å². The summed E-state index contributed by atoms with van der Waals surface area (Å²) in [6, 6.07) is 2.12. The van der Waals surface area contributed by atoms with Gasteiger partial charge in [0.15, 0.2) is 0 Å². The summed E-state index contributed by atoms with van der Waals surface area (Å²) in [5.74, 6) is 0.620. The molecule has 0 amide bonds. The largest absolute Gasteiger partial charge is 0.330 e. The van der Waals surface area contributed by atoms with Gasteiger partial charge in [0.25, 0.3) is 0 Å². The van der Waals surface area contributed by atoms with Crippen molar-refractivity contribution < 1.29 is 0 Å². The average Bonchev–Trinajstić information content (AvgIpc) is 2.87. The summed E-state index contributed by atoms with van der Waals surface area (Å²) in [4.78, 5) is 5.91. The maximum atomic E-state index is 5.56. The van der Waals surface area contributed by atoms with Gasteiger partial charge in [-0.05, 0) is 40.9 Å². The van der Waals surface area contributed by atoms with Gasteiger partial charge in [0.2, 0.25) is 0 Å². The Kier molecular flexibility index (Phi) is 4.73. The normalized spacial score (nSPS) is 12.9. The molecule has 0 aliphatic heterocycles. The zero-order valence-electron chi connectivity index (χ0n) is 9.65. The SMILES string of the molecule is CC(CCN)Cc1nc(-c2cc(Br)cs2)cs1. The van der Waals surface area contributed by atoms with Crippen LogP contribution in [0.15, 0.2) is 21.3 Å². The Bertz CT molecular complexity index is 478. The number of halogens is 1. The van der Waals surface area contributed by atoms with Gasteiger partial charge in [-0.25, -0.2) is 4.98 Å². The number of hydrogen-bond acceptors (Lipinski definition) is 4. The van der Waals surface area contributed by atoms with E-state index in [0.717, 1.165) is 29.6 Å². The van der Waals surface area contributed by atoms with E-state index in [9.17, 15) is 0 Å². The molecule has 2 heterocycles. The van der Waals surface area contributed by atoms with Gasteiger partial charge in [-0.1, -0.05) is 6.92 Å². The number of thiazole rings is 1. The standard InChI is InChI=1S/C12H15BrN2S2/c1-8(2-3-14)4-12-15-10(7-17-12)11-5-9(13)6-16-11/h5-8H,2-4,14H2,1H3. The molecule has 0 aliphatic carbocycles. The fourth-order valence-electron chi connectivity index (χ4n) is 1.65. The van der Waals surface area contributed by atoms with Crippen LogP contribution >= 0.6 is 38.6 Å². The van der Waals surface area contributed by atoms with E-state index in [2.05, 4.69) is 44.7 Å². The van der Waals surface area contributed by atoms with Gasteiger partial charge in [-0.3, -0.25) is 0 Å². The van der Waals surface area contributed by atoms with Crippen molar-refractivity contribution in [1.29, 1.82) is 0 Å². The third kappa shape index (κ3) is 3.61. The van der Waals surface area contributed by atoms with Crippen molar-refractivity contribution in [3.8, 4) is 10.6 Å². The molecule has 2 rings (SSSR count). The molecule has 17 heavy (non-hydrogen) atoms. The molecule has 1 atom stereocenters. The molecular formula is C12H15BrN2S2. The number of thiophene rings is 1. The number of aromatic nitrogens is 1. The average molecular weight is 331 g/mol.